The van der Waals surface area contributed by atoms with E-state index in [4.69, 9.17) is 17.3 Å². The van der Waals surface area contributed by atoms with Gasteiger partial charge in [-0.25, -0.2) is 9.97 Å². The first-order valence-corrected chi connectivity index (χ1v) is 4.71. The summed E-state index contributed by atoms with van der Waals surface area (Å²) in [5, 5.41) is 1.44. The average Bonchev–Trinajstić information content (AvgIpc) is 2.06. The molecule has 0 aliphatic rings. The molecule has 0 bridgehead atoms. The van der Waals surface area contributed by atoms with Crippen molar-refractivity contribution in [2.75, 3.05) is 5.73 Å². The number of anilines is 1. The maximum absolute atomic E-state index is 5.96. The van der Waals surface area contributed by atoms with E-state index < -0.39 is 0 Å². The SMILES string of the molecule is Nc1ncc2cc(Br)cc(Cl)c2n1. The highest BCUT2D eigenvalue weighted by Crippen LogP contribution is 2.26. The van der Waals surface area contributed by atoms with E-state index in [0.717, 1.165) is 9.86 Å². The molecule has 0 saturated carbocycles. The lowest BCUT2D eigenvalue weighted by molar-refractivity contribution is 1.24. The summed E-state index contributed by atoms with van der Waals surface area (Å²) < 4.78 is 0.901. The Morgan fingerprint density at radius 2 is 2.15 bits per heavy atom. The Morgan fingerprint density at radius 1 is 1.38 bits per heavy atom. The van der Waals surface area contributed by atoms with Crippen LogP contribution < -0.4 is 5.73 Å². The van der Waals surface area contributed by atoms with E-state index in [2.05, 4.69) is 25.9 Å². The number of nitrogen functional groups attached to an aromatic ring is 1. The molecule has 1 heterocycles. The molecule has 2 rings (SSSR count). The first-order chi connectivity index (χ1) is 6.16. The minimum Gasteiger partial charge on any atom is -0.368 e. The molecule has 1 aromatic heterocycles. The Morgan fingerprint density at radius 3 is 2.92 bits per heavy atom. The van der Waals surface area contributed by atoms with E-state index in [1.54, 1.807) is 12.3 Å². The summed E-state index contributed by atoms with van der Waals surface area (Å²) in [6, 6.07) is 3.66. The summed E-state index contributed by atoms with van der Waals surface area (Å²) in [6.45, 7) is 0. The maximum Gasteiger partial charge on any atom is 0.220 e. The third-order valence-corrected chi connectivity index (χ3v) is 2.37. The minimum absolute atomic E-state index is 0.233. The summed E-state index contributed by atoms with van der Waals surface area (Å²) >= 11 is 9.29. The molecule has 2 aromatic rings. The number of nitrogens with two attached hydrogens (primary N) is 1. The number of halogens is 2. The van der Waals surface area contributed by atoms with Crippen molar-refractivity contribution < 1.29 is 0 Å². The summed E-state index contributed by atoms with van der Waals surface area (Å²) in [4.78, 5) is 7.91. The van der Waals surface area contributed by atoms with Gasteiger partial charge in [0.2, 0.25) is 5.95 Å². The lowest BCUT2D eigenvalue weighted by Crippen LogP contribution is -1.94. The molecule has 66 valence electrons. The highest BCUT2D eigenvalue weighted by molar-refractivity contribution is 9.10. The van der Waals surface area contributed by atoms with Gasteiger partial charge in [0.25, 0.3) is 0 Å². The number of aromatic nitrogens is 2. The lowest BCUT2D eigenvalue weighted by atomic mass is 10.2. The van der Waals surface area contributed by atoms with Crippen LogP contribution in [0.3, 0.4) is 0 Å². The second-order valence-electron chi connectivity index (χ2n) is 2.55. The van der Waals surface area contributed by atoms with Crippen LogP contribution in [0.5, 0.6) is 0 Å². The molecule has 0 radical (unpaired) electrons. The van der Waals surface area contributed by atoms with Crippen molar-refractivity contribution in [3.63, 3.8) is 0 Å². The van der Waals surface area contributed by atoms with Gasteiger partial charge in [0.05, 0.1) is 10.5 Å². The molecule has 0 saturated heterocycles. The Labute approximate surface area is 88.1 Å². The number of rotatable bonds is 0. The van der Waals surface area contributed by atoms with Crippen LogP contribution in [0.15, 0.2) is 22.8 Å². The number of fused-ring (bicyclic) bond motifs is 1. The zero-order valence-corrected chi connectivity index (χ0v) is 8.80. The van der Waals surface area contributed by atoms with E-state index in [1.165, 1.54) is 0 Å². The standard InChI is InChI=1S/C8H5BrClN3/c9-5-1-4-3-12-8(11)13-7(4)6(10)2-5/h1-3H,(H2,11,12,13). The molecule has 0 aliphatic carbocycles. The van der Waals surface area contributed by atoms with Gasteiger partial charge in [0.1, 0.15) is 0 Å². The second-order valence-corrected chi connectivity index (χ2v) is 3.88. The fourth-order valence-corrected chi connectivity index (χ4v) is 1.96. The predicted octanol–water partition coefficient (Wildman–Crippen LogP) is 2.63. The first-order valence-electron chi connectivity index (χ1n) is 3.54. The zero-order valence-electron chi connectivity index (χ0n) is 6.46. The van der Waals surface area contributed by atoms with Gasteiger partial charge in [0.15, 0.2) is 0 Å². The molecule has 13 heavy (non-hydrogen) atoms. The van der Waals surface area contributed by atoms with Crippen LogP contribution in [-0.4, -0.2) is 9.97 Å². The van der Waals surface area contributed by atoms with Gasteiger partial charge >= 0.3 is 0 Å². The molecule has 0 atom stereocenters. The van der Waals surface area contributed by atoms with Crippen molar-refractivity contribution in [3.05, 3.63) is 27.8 Å². The van der Waals surface area contributed by atoms with Gasteiger partial charge in [-0.3, -0.25) is 0 Å². The van der Waals surface area contributed by atoms with Crippen LogP contribution in [0.4, 0.5) is 5.95 Å². The number of hydrogen-bond donors (Lipinski definition) is 1. The van der Waals surface area contributed by atoms with Gasteiger partial charge in [-0.05, 0) is 12.1 Å². The Bertz CT molecular complexity index is 472. The average molecular weight is 259 g/mol. The Balaban J connectivity index is 2.87. The molecule has 1 aromatic carbocycles. The van der Waals surface area contributed by atoms with Gasteiger partial charge in [-0.2, -0.15) is 0 Å². The summed E-state index contributed by atoms with van der Waals surface area (Å²) in [5.74, 6) is 0.233. The van der Waals surface area contributed by atoms with Crippen LogP contribution in [0.25, 0.3) is 10.9 Å². The molecule has 0 aliphatic heterocycles. The molecule has 0 fully saturated rings. The summed E-state index contributed by atoms with van der Waals surface area (Å²) in [5.41, 5.74) is 6.12. The van der Waals surface area contributed by atoms with Crippen molar-refractivity contribution in [3.8, 4) is 0 Å². The van der Waals surface area contributed by atoms with Gasteiger partial charge in [-0.1, -0.05) is 27.5 Å². The molecule has 5 heteroatoms. The third kappa shape index (κ3) is 1.59. The van der Waals surface area contributed by atoms with Gasteiger partial charge < -0.3 is 5.73 Å². The molecular weight excluding hydrogens is 253 g/mol. The fraction of sp³-hybridized carbons (Fsp3) is 0. The minimum atomic E-state index is 0.233. The van der Waals surface area contributed by atoms with Crippen molar-refractivity contribution in [2.45, 2.75) is 0 Å². The first kappa shape index (κ1) is 8.72. The van der Waals surface area contributed by atoms with Crippen molar-refractivity contribution in [1.82, 2.24) is 9.97 Å². The Hall–Kier alpha value is -0.870. The van der Waals surface area contributed by atoms with Crippen molar-refractivity contribution in [1.29, 1.82) is 0 Å². The fourth-order valence-electron chi connectivity index (χ4n) is 1.08. The number of hydrogen-bond acceptors (Lipinski definition) is 3. The lowest BCUT2D eigenvalue weighted by Gasteiger charge is -2.00. The topological polar surface area (TPSA) is 51.8 Å². The highest BCUT2D eigenvalue weighted by Gasteiger charge is 2.03. The van der Waals surface area contributed by atoms with Gasteiger partial charge in [-0.15, -0.1) is 0 Å². The van der Waals surface area contributed by atoms with Crippen LogP contribution in [-0.2, 0) is 0 Å². The van der Waals surface area contributed by atoms with Crippen LogP contribution in [0, 0.1) is 0 Å². The molecule has 2 N–H and O–H groups in total. The van der Waals surface area contributed by atoms with Crippen LogP contribution >= 0.6 is 27.5 Å². The van der Waals surface area contributed by atoms with E-state index >= 15 is 0 Å². The van der Waals surface area contributed by atoms with E-state index in [-0.39, 0.29) is 5.95 Å². The number of nitrogens with zero attached hydrogens (tertiary/aromatic N) is 2. The Kier molecular flexibility index (Phi) is 2.09. The highest BCUT2D eigenvalue weighted by atomic mass is 79.9. The third-order valence-electron chi connectivity index (χ3n) is 1.62. The summed E-state index contributed by atoms with van der Waals surface area (Å²) in [6.07, 6.45) is 1.65. The normalized spacial score (nSPS) is 10.6. The van der Waals surface area contributed by atoms with E-state index in [1.807, 2.05) is 6.07 Å². The van der Waals surface area contributed by atoms with E-state index in [0.29, 0.717) is 10.5 Å². The summed E-state index contributed by atoms with van der Waals surface area (Å²) in [7, 11) is 0. The van der Waals surface area contributed by atoms with Crippen molar-refractivity contribution >= 4 is 44.4 Å². The largest absolute Gasteiger partial charge is 0.368 e. The van der Waals surface area contributed by atoms with Gasteiger partial charge in [0, 0.05) is 16.1 Å². The zero-order chi connectivity index (χ0) is 9.42. The smallest absolute Gasteiger partial charge is 0.220 e. The second kappa shape index (κ2) is 3.12. The molecule has 0 spiro atoms. The maximum atomic E-state index is 5.96. The molecule has 0 unspecified atom stereocenters. The predicted molar refractivity (Wildman–Crippen MR) is 56.7 cm³/mol. The molecule has 3 nitrogen and oxygen atoms in total. The van der Waals surface area contributed by atoms with Crippen LogP contribution in [0.1, 0.15) is 0 Å². The monoisotopic (exact) mass is 257 g/mol. The quantitative estimate of drug-likeness (QED) is 0.790. The number of benzene rings is 1. The van der Waals surface area contributed by atoms with Crippen molar-refractivity contribution in [2.24, 2.45) is 0 Å². The molecular formula is C8H5BrClN3. The van der Waals surface area contributed by atoms with Crippen LogP contribution in [0.2, 0.25) is 5.02 Å². The van der Waals surface area contributed by atoms with E-state index in [9.17, 15) is 0 Å². The molecule has 0 amide bonds.